The Balaban J connectivity index is 1.64. The maximum absolute atomic E-state index is 13.1. The maximum Gasteiger partial charge on any atom is 0.327 e. The molecule has 0 spiro atoms. The molecule has 10 nitrogen and oxygen atoms in total. The van der Waals surface area contributed by atoms with E-state index in [-0.39, 0.29) is 17.0 Å². The number of amides is 5. The summed E-state index contributed by atoms with van der Waals surface area (Å²) in [6.45, 7) is 2.43. The van der Waals surface area contributed by atoms with Crippen LogP contribution in [0.25, 0.3) is 0 Å². The number of thiophene rings is 1. The molecule has 1 fully saturated rings. The van der Waals surface area contributed by atoms with Crippen LogP contribution in [0.5, 0.6) is 0 Å². The first kappa shape index (κ1) is 22.9. The number of esters is 1. The first-order valence-electron chi connectivity index (χ1n) is 9.77. The number of imide groups is 1. The molecule has 1 aliphatic rings. The van der Waals surface area contributed by atoms with Crippen molar-refractivity contribution in [3.05, 3.63) is 52.9 Å². The van der Waals surface area contributed by atoms with Crippen LogP contribution in [0.1, 0.15) is 36.2 Å². The quantitative estimate of drug-likeness (QED) is 0.404. The zero-order chi connectivity index (χ0) is 23.5. The summed E-state index contributed by atoms with van der Waals surface area (Å²) >= 11 is 1.09. The number of rotatable bonds is 8. The Labute approximate surface area is 187 Å². The first-order valence-corrected chi connectivity index (χ1v) is 10.6. The molecule has 11 heteroatoms. The molecule has 2 aromatic rings. The van der Waals surface area contributed by atoms with E-state index in [1.165, 1.54) is 13.0 Å². The fourth-order valence-corrected chi connectivity index (χ4v) is 4.16. The minimum Gasteiger partial charge on any atom is -0.451 e. The van der Waals surface area contributed by atoms with Gasteiger partial charge < -0.3 is 21.1 Å². The Bertz CT molecular complexity index is 1070. The Morgan fingerprint density at radius 1 is 1.22 bits per heavy atom. The number of benzene rings is 1. The van der Waals surface area contributed by atoms with Gasteiger partial charge in [0.1, 0.15) is 17.1 Å². The Morgan fingerprint density at radius 3 is 2.53 bits per heavy atom. The second-order valence-corrected chi connectivity index (χ2v) is 8.01. The molecule has 3 rings (SSSR count). The highest BCUT2D eigenvalue weighted by Crippen LogP contribution is 2.32. The molecule has 1 aromatic carbocycles. The lowest BCUT2D eigenvalue weighted by atomic mass is 9.87. The van der Waals surface area contributed by atoms with Crippen LogP contribution in [0.4, 0.5) is 9.80 Å². The summed E-state index contributed by atoms with van der Waals surface area (Å²) in [7, 11) is 0. The van der Waals surface area contributed by atoms with Crippen molar-refractivity contribution < 1.29 is 28.7 Å². The van der Waals surface area contributed by atoms with Crippen molar-refractivity contribution in [1.82, 2.24) is 10.2 Å². The molecule has 0 saturated carbocycles. The monoisotopic (exact) mass is 458 g/mol. The highest BCUT2D eigenvalue weighted by molar-refractivity contribution is 7.14. The van der Waals surface area contributed by atoms with E-state index in [0.29, 0.717) is 5.56 Å². The highest BCUT2D eigenvalue weighted by Gasteiger charge is 2.51. The van der Waals surface area contributed by atoms with Gasteiger partial charge in [0.15, 0.2) is 6.10 Å². The fraction of sp³-hybridized carbons (Fsp3) is 0.286. The average molecular weight is 458 g/mol. The smallest absolute Gasteiger partial charge is 0.327 e. The van der Waals surface area contributed by atoms with E-state index < -0.39 is 47.9 Å². The first-order chi connectivity index (χ1) is 15.2. The second kappa shape index (κ2) is 9.18. The molecule has 2 unspecified atom stereocenters. The summed E-state index contributed by atoms with van der Waals surface area (Å²) in [5.41, 5.74) is 4.71. The van der Waals surface area contributed by atoms with Gasteiger partial charge in [0.05, 0.1) is 5.56 Å². The molecule has 0 radical (unpaired) electrons. The highest BCUT2D eigenvalue weighted by atomic mass is 32.1. The van der Waals surface area contributed by atoms with Gasteiger partial charge in [-0.05, 0) is 30.4 Å². The van der Waals surface area contributed by atoms with Gasteiger partial charge in [0.25, 0.3) is 17.7 Å². The van der Waals surface area contributed by atoms with Crippen LogP contribution in [-0.2, 0) is 24.7 Å². The van der Waals surface area contributed by atoms with Gasteiger partial charge in [0, 0.05) is 0 Å². The predicted molar refractivity (Wildman–Crippen MR) is 116 cm³/mol. The number of hydrogen-bond donors (Lipinski definition) is 3. The third-order valence-electron chi connectivity index (χ3n) is 5.10. The number of nitrogens with one attached hydrogen (secondary N) is 2. The summed E-state index contributed by atoms with van der Waals surface area (Å²) in [5.74, 6) is -2.90. The van der Waals surface area contributed by atoms with Gasteiger partial charge in [-0.1, -0.05) is 37.3 Å². The SMILES string of the molecule is CCC1(c2ccccc2)NC(=O)N(CC(=O)OC(C)C(=O)Nc2sccc2C(N)=O)C1=O. The van der Waals surface area contributed by atoms with Crippen LogP contribution in [0.2, 0.25) is 0 Å². The number of nitrogens with zero attached hydrogens (tertiary/aromatic N) is 1. The number of carbonyl (C=O) groups excluding carboxylic acids is 5. The van der Waals surface area contributed by atoms with Crippen LogP contribution in [0.15, 0.2) is 41.8 Å². The van der Waals surface area contributed by atoms with Gasteiger partial charge in [0.2, 0.25) is 0 Å². The lowest BCUT2D eigenvalue weighted by molar-refractivity contribution is -0.155. The number of anilines is 1. The van der Waals surface area contributed by atoms with Crippen molar-refractivity contribution in [3.8, 4) is 0 Å². The summed E-state index contributed by atoms with van der Waals surface area (Å²) in [5, 5.41) is 6.95. The van der Waals surface area contributed by atoms with E-state index in [1.54, 1.807) is 42.6 Å². The van der Waals surface area contributed by atoms with Crippen LogP contribution in [0, 0.1) is 0 Å². The van der Waals surface area contributed by atoms with E-state index in [9.17, 15) is 24.0 Å². The molecule has 32 heavy (non-hydrogen) atoms. The van der Waals surface area contributed by atoms with Gasteiger partial charge in [-0.2, -0.15) is 0 Å². The number of primary amides is 1. The molecule has 4 N–H and O–H groups in total. The average Bonchev–Trinajstić information content (AvgIpc) is 3.32. The molecule has 5 amide bonds. The zero-order valence-corrected chi connectivity index (χ0v) is 18.2. The number of hydrogen-bond acceptors (Lipinski definition) is 7. The molecule has 2 heterocycles. The minimum atomic E-state index is -1.27. The predicted octanol–water partition coefficient (Wildman–Crippen LogP) is 1.57. The second-order valence-electron chi connectivity index (χ2n) is 7.10. The summed E-state index contributed by atoms with van der Waals surface area (Å²) in [6, 6.07) is 9.48. The maximum atomic E-state index is 13.1. The largest absolute Gasteiger partial charge is 0.451 e. The van der Waals surface area contributed by atoms with E-state index in [1.807, 2.05) is 0 Å². The summed E-state index contributed by atoms with van der Waals surface area (Å²) in [6.07, 6.45) is -0.953. The molecule has 1 saturated heterocycles. The Kier molecular flexibility index (Phi) is 6.58. The van der Waals surface area contributed by atoms with Gasteiger partial charge in [-0.25, -0.2) is 4.79 Å². The van der Waals surface area contributed by atoms with Crippen LogP contribution >= 0.6 is 11.3 Å². The summed E-state index contributed by atoms with van der Waals surface area (Å²) in [4.78, 5) is 62.3. The zero-order valence-electron chi connectivity index (χ0n) is 17.4. The van der Waals surface area contributed by atoms with E-state index in [2.05, 4.69) is 10.6 Å². The third-order valence-corrected chi connectivity index (χ3v) is 5.93. The van der Waals surface area contributed by atoms with Crippen molar-refractivity contribution in [3.63, 3.8) is 0 Å². The van der Waals surface area contributed by atoms with Crippen LogP contribution in [-0.4, -0.2) is 47.3 Å². The molecule has 1 aromatic heterocycles. The van der Waals surface area contributed by atoms with Crippen molar-refractivity contribution in [2.24, 2.45) is 5.73 Å². The molecular formula is C21H22N4O6S. The number of nitrogens with two attached hydrogens (primary N) is 1. The lowest BCUT2D eigenvalue weighted by Gasteiger charge is -2.25. The Morgan fingerprint density at radius 2 is 1.91 bits per heavy atom. The van der Waals surface area contributed by atoms with Crippen LogP contribution < -0.4 is 16.4 Å². The molecule has 1 aliphatic heterocycles. The van der Waals surface area contributed by atoms with Crippen molar-refractivity contribution in [2.45, 2.75) is 31.9 Å². The summed E-state index contributed by atoms with van der Waals surface area (Å²) < 4.78 is 5.09. The van der Waals surface area contributed by atoms with Gasteiger partial charge in [-0.15, -0.1) is 11.3 Å². The van der Waals surface area contributed by atoms with Gasteiger partial charge >= 0.3 is 12.0 Å². The molecule has 0 aliphatic carbocycles. The van der Waals surface area contributed by atoms with E-state index in [4.69, 9.17) is 10.5 Å². The number of urea groups is 1. The molecule has 2 atom stereocenters. The van der Waals surface area contributed by atoms with Crippen LogP contribution in [0.3, 0.4) is 0 Å². The third kappa shape index (κ3) is 4.33. The Hall–Kier alpha value is -3.73. The normalized spacial score (nSPS) is 18.8. The van der Waals surface area contributed by atoms with E-state index in [0.717, 1.165) is 16.2 Å². The number of ether oxygens (including phenoxy) is 1. The van der Waals surface area contributed by atoms with Crippen molar-refractivity contribution >= 4 is 46.1 Å². The van der Waals surface area contributed by atoms with Crippen molar-refractivity contribution in [2.75, 3.05) is 11.9 Å². The lowest BCUT2D eigenvalue weighted by Crippen LogP contribution is -2.44. The minimum absolute atomic E-state index is 0.137. The molecule has 168 valence electrons. The van der Waals surface area contributed by atoms with Gasteiger partial charge in [-0.3, -0.25) is 24.1 Å². The van der Waals surface area contributed by atoms with Crippen molar-refractivity contribution in [1.29, 1.82) is 0 Å². The topological polar surface area (TPSA) is 148 Å². The standard InChI is InChI=1S/C21H22N4O6S/c1-3-21(13-7-5-4-6-8-13)19(29)25(20(30)24-21)11-15(26)31-12(2)17(28)23-18-14(16(22)27)9-10-32-18/h4-10,12H,3,11H2,1-2H3,(H2,22,27)(H,23,28)(H,24,30). The fourth-order valence-electron chi connectivity index (χ4n) is 3.36. The number of carbonyl (C=O) groups is 5. The van der Waals surface area contributed by atoms with E-state index >= 15 is 0 Å². The molecule has 0 bridgehead atoms. The molecular weight excluding hydrogens is 436 g/mol.